The number of hydrogen-bond donors (Lipinski definition) is 2. The van der Waals surface area contributed by atoms with Gasteiger partial charge in [-0.25, -0.2) is 0 Å². The second kappa shape index (κ2) is 9.05. The highest BCUT2D eigenvalue weighted by Gasteiger charge is 2.09. The maximum absolute atomic E-state index is 12.2. The summed E-state index contributed by atoms with van der Waals surface area (Å²) in [5.74, 6) is 1.53. The smallest absolute Gasteiger partial charge is 0.276 e. The fourth-order valence-corrected chi connectivity index (χ4v) is 2.59. The summed E-state index contributed by atoms with van der Waals surface area (Å²) in [5, 5.41) is 14.5. The zero-order valence-electron chi connectivity index (χ0n) is 15.4. The van der Waals surface area contributed by atoms with Gasteiger partial charge >= 0.3 is 0 Å². The Kier molecular flexibility index (Phi) is 6.29. The Bertz CT molecular complexity index is 947. The number of rotatable bonds is 7. The van der Waals surface area contributed by atoms with Gasteiger partial charge in [-0.15, -0.1) is 10.2 Å². The fraction of sp³-hybridized carbons (Fsp3) is 0.150. The van der Waals surface area contributed by atoms with E-state index in [1.165, 1.54) is 0 Å². The van der Waals surface area contributed by atoms with Crippen LogP contribution >= 0.6 is 11.6 Å². The molecule has 8 heteroatoms. The number of nitrogens with zero attached hydrogens (tertiary/aromatic N) is 2. The van der Waals surface area contributed by atoms with Crippen molar-refractivity contribution < 1.29 is 14.3 Å². The lowest BCUT2D eigenvalue weighted by Crippen LogP contribution is -2.14. The summed E-state index contributed by atoms with van der Waals surface area (Å²) in [4.78, 5) is 12.2. The number of amides is 1. The van der Waals surface area contributed by atoms with Crippen LogP contribution in [-0.2, 0) is 6.54 Å². The lowest BCUT2D eigenvalue weighted by Gasteiger charge is -2.10. The molecule has 3 aromatic rings. The van der Waals surface area contributed by atoms with Crippen LogP contribution in [0.25, 0.3) is 0 Å². The molecule has 144 valence electrons. The molecule has 1 aromatic heterocycles. The van der Waals surface area contributed by atoms with Gasteiger partial charge in [-0.05, 0) is 54.1 Å². The molecule has 0 saturated carbocycles. The van der Waals surface area contributed by atoms with Gasteiger partial charge in [0.25, 0.3) is 5.91 Å². The van der Waals surface area contributed by atoms with Crippen LogP contribution in [0.3, 0.4) is 0 Å². The molecule has 0 aliphatic carbocycles. The predicted octanol–water partition coefficient (Wildman–Crippen LogP) is 4.01. The van der Waals surface area contributed by atoms with Crippen LogP contribution in [0.5, 0.6) is 11.5 Å². The lowest BCUT2D eigenvalue weighted by atomic mass is 10.2. The Morgan fingerprint density at radius 3 is 2.36 bits per heavy atom. The zero-order valence-corrected chi connectivity index (χ0v) is 16.2. The van der Waals surface area contributed by atoms with Crippen molar-refractivity contribution in [3.63, 3.8) is 0 Å². The largest absolute Gasteiger partial charge is 0.493 e. The summed E-state index contributed by atoms with van der Waals surface area (Å²) in [6.45, 7) is 0.519. The molecule has 0 spiro atoms. The summed E-state index contributed by atoms with van der Waals surface area (Å²) in [5.41, 5.74) is 1.84. The van der Waals surface area contributed by atoms with Gasteiger partial charge in [0.05, 0.1) is 14.2 Å². The maximum Gasteiger partial charge on any atom is 0.276 e. The molecule has 3 rings (SSSR count). The molecule has 0 fully saturated rings. The third-order valence-corrected chi connectivity index (χ3v) is 4.17. The topological polar surface area (TPSA) is 85.4 Å². The Labute approximate surface area is 167 Å². The third-order valence-electron chi connectivity index (χ3n) is 3.92. The molecule has 28 heavy (non-hydrogen) atoms. The van der Waals surface area contributed by atoms with Gasteiger partial charge in [-0.2, -0.15) is 0 Å². The molecule has 0 aliphatic rings. The molecule has 2 N–H and O–H groups in total. The van der Waals surface area contributed by atoms with E-state index < -0.39 is 0 Å². The van der Waals surface area contributed by atoms with E-state index in [1.807, 2.05) is 18.2 Å². The molecule has 0 aliphatic heterocycles. The predicted molar refractivity (Wildman–Crippen MR) is 108 cm³/mol. The summed E-state index contributed by atoms with van der Waals surface area (Å²) >= 11 is 5.83. The fourth-order valence-electron chi connectivity index (χ4n) is 2.46. The first kappa shape index (κ1) is 19.4. The number of nitrogens with one attached hydrogen (secondary N) is 2. The molecule has 1 amide bonds. The van der Waals surface area contributed by atoms with Crippen molar-refractivity contribution in [2.45, 2.75) is 6.54 Å². The molecular formula is C20H19ClN4O3. The average molecular weight is 399 g/mol. The van der Waals surface area contributed by atoms with E-state index in [0.29, 0.717) is 34.6 Å². The number of halogens is 1. The van der Waals surface area contributed by atoms with Crippen molar-refractivity contribution in [2.75, 3.05) is 24.9 Å². The minimum Gasteiger partial charge on any atom is -0.493 e. The average Bonchev–Trinajstić information content (AvgIpc) is 2.74. The van der Waals surface area contributed by atoms with Crippen LogP contribution in [-0.4, -0.2) is 30.3 Å². The number of carbonyl (C=O) groups is 1. The summed E-state index contributed by atoms with van der Waals surface area (Å²) in [6.07, 6.45) is 0. The number of anilines is 2. The van der Waals surface area contributed by atoms with Crippen molar-refractivity contribution in [3.8, 4) is 11.5 Å². The van der Waals surface area contributed by atoms with Crippen molar-refractivity contribution in [2.24, 2.45) is 0 Å². The van der Waals surface area contributed by atoms with Gasteiger partial charge in [0, 0.05) is 17.3 Å². The first-order valence-corrected chi connectivity index (χ1v) is 8.82. The summed E-state index contributed by atoms with van der Waals surface area (Å²) in [7, 11) is 3.18. The van der Waals surface area contributed by atoms with E-state index in [-0.39, 0.29) is 11.6 Å². The van der Waals surface area contributed by atoms with E-state index in [2.05, 4.69) is 20.8 Å². The normalized spacial score (nSPS) is 10.2. The molecule has 0 saturated heterocycles. The number of ether oxygens (including phenoxy) is 2. The quantitative estimate of drug-likeness (QED) is 0.625. The first-order valence-electron chi connectivity index (χ1n) is 8.44. The minimum absolute atomic E-state index is 0.214. The molecule has 1 heterocycles. The van der Waals surface area contributed by atoms with Gasteiger partial charge in [0.2, 0.25) is 0 Å². The van der Waals surface area contributed by atoms with Gasteiger partial charge in [-0.3, -0.25) is 4.79 Å². The van der Waals surface area contributed by atoms with Crippen LogP contribution in [0.1, 0.15) is 16.1 Å². The summed E-state index contributed by atoms with van der Waals surface area (Å²) < 4.78 is 10.5. The van der Waals surface area contributed by atoms with Crippen molar-refractivity contribution in [3.05, 3.63) is 70.9 Å². The van der Waals surface area contributed by atoms with Crippen LogP contribution in [0.2, 0.25) is 5.02 Å². The Morgan fingerprint density at radius 2 is 1.71 bits per heavy atom. The van der Waals surface area contributed by atoms with E-state index in [1.54, 1.807) is 50.6 Å². The molecule has 0 atom stereocenters. The number of benzene rings is 2. The van der Waals surface area contributed by atoms with Gasteiger partial charge in [0.1, 0.15) is 5.82 Å². The van der Waals surface area contributed by atoms with Crippen molar-refractivity contribution in [1.82, 2.24) is 10.2 Å². The number of aromatic nitrogens is 2. The number of methoxy groups -OCH3 is 2. The molecule has 7 nitrogen and oxygen atoms in total. The molecular weight excluding hydrogens is 380 g/mol. The maximum atomic E-state index is 12.2. The van der Waals surface area contributed by atoms with Crippen LogP contribution in [0, 0.1) is 0 Å². The highest BCUT2D eigenvalue weighted by Crippen LogP contribution is 2.27. The Morgan fingerprint density at radius 1 is 0.964 bits per heavy atom. The minimum atomic E-state index is -0.346. The third kappa shape index (κ3) is 4.89. The molecule has 0 unspecified atom stereocenters. The summed E-state index contributed by atoms with van der Waals surface area (Å²) in [6, 6.07) is 15.8. The van der Waals surface area contributed by atoms with E-state index in [0.717, 1.165) is 5.56 Å². The Balaban J connectivity index is 1.59. The Hall–Kier alpha value is -3.32. The zero-order chi connectivity index (χ0) is 19.9. The molecule has 0 bridgehead atoms. The van der Waals surface area contributed by atoms with Crippen molar-refractivity contribution >= 4 is 29.0 Å². The van der Waals surface area contributed by atoms with Gasteiger partial charge in [-0.1, -0.05) is 17.7 Å². The second-order valence-electron chi connectivity index (χ2n) is 5.81. The van der Waals surface area contributed by atoms with Gasteiger partial charge < -0.3 is 20.1 Å². The highest BCUT2D eigenvalue weighted by atomic mass is 35.5. The molecule has 0 radical (unpaired) electrons. The second-order valence-corrected chi connectivity index (χ2v) is 6.24. The van der Waals surface area contributed by atoms with Crippen LogP contribution in [0.4, 0.5) is 11.5 Å². The van der Waals surface area contributed by atoms with Crippen molar-refractivity contribution in [1.29, 1.82) is 0 Å². The van der Waals surface area contributed by atoms with Gasteiger partial charge in [0.15, 0.2) is 17.2 Å². The number of hydrogen-bond acceptors (Lipinski definition) is 6. The first-order chi connectivity index (χ1) is 13.6. The van der Waals surface area contributed by atoms with E-state index in [4.69, 9.17) is 21.1 Å². The number of carbonyl (C=O) groups excluding carboxylic acids is 1. The standard InChI is InChI=1S/C20H19ClN4O3/c1-27-17-9-3-13(11-18(17)28-2)12-22-19-10-8-16(24-25-19)20(26)23-15-6-4-14(21)5-7-15/h3-11H,12H2,1-2H3,(H,22,25)(H,23,26). The van der Waals surface area contributed by atoms with E-state index >= 15 is 0 Å². The van der Waals surface area contributed by atoms with Crippen LogP contribution < -0.4 is 20.1 Å². The SMILES string of the molecule is COc1ccc(CNc2ccc(C(=O)Nc3ccc(Cl)cc3)nn2)cc1OC. The highest BCUT2D eigenvalue weighted by molar-refractivity contribution is 6.30. The van der Waals surface area contributed by atoms with E-state index in [9.17, 15) is 4.79 Å². The molecule has 2 aromatic carbocycles. The monoisotopic (exact) mass is 398 g/mol. The van der Waals surface area contributed by atoms with Crippen LogP contribution in [0.15, 0.2) is 54.6 Å². The lowest BCUT2D eigenvalue weighted by molar-refractivity contribution is 0.102.